The molecule has 2 N–H and O–H groups in total. The highest BCUT2D eigenvalue weighted by molar-refractivity contribution is 7.80. The average Bonchev–Trinajstić information content (AvgIpc) is 2.19. The molecule has 22 heavy (non-hydrogen) atoms. The summed E-state index contributed by atoms with van der Waals surface area (Å²) in [4.78, 5) is 0. The van der Waals surface area contributed by atoms with Crippen molar-refractivity contribution in [2.24, 2.45) is 23.2 Å². The zero-order valence-electron chi connectivity index (χ0n) is 15.1. The van der Waals surface area contributed by atoms with Crippen LogP contribution in [-0.2, 0) is 0 Å². The lowest BCUT2D eigenvalue weighted by Gasteiger charge is -2.57. The van der Waals surface area contributed by atoms with Gasteiger partial charge in [0.2, 0.25) is 0 Å². The van der Waals surface area contributed by atoms with E-state index in [-0.39, 0.29) is 5.54 Å². The largest absolute Gasteiger partial charge is 0.358 e. The Kier molecular flexibility index (Phi) is 4.03. The molecular weight excluding hydrogens is 288 g/mol. The second kappa shape index (κ2) is 5.36. The summed E-state index contributed by atoms with van der Waals surface area (Å²) < 4.78 is 0. The first-order chi connectivity index (χ1) is 10.0. The fourth-order valence-electron chi connectivity index (χ4n) is 6.21. The quantitative estimate of drug-likeness (QED) is 0.741. The van der Waals surface area contributed by atoms with Crippen molar-refractivity contribution in [2.45, 2.75) is 90.6 Å². The van der Waals surface area contributed by atoms with E-state index >= 15 is 0 Å². The Bertz CT molecular complexity index is 412. The van der Waals surface area contributed by atoms with Crippen molar-refractivity contribution in [3.05, 3.63) is 0 Å². The van der Waals surface area contributed by atoms with Crippen molar-refractivity contribution < 1.29 is 0 Å². The summed E-state index contributed by atoms with van der Waals surface area (Å²) in [5, 5.41) is 8.28. The van der Waals surface area contributed by atoms with Gasteiger partial charge in [-0.15, -0.1) is 0 Å². The molecule has 4 aliphatic rings. The molecule has 4 aliphatic carbocycles. The van der Waals surface area contributed by atoms with E-state index in [1.54, 1.807) is 0 Å². The zero-order chi connectivity index (χ0) is 16.2. The van der Waals surface area contributed by atoms with Crippen molar-refractivity contribution in [3.63, 3.8) is 0 Å². The van der Waals surface area contributed by atoms with Gasteiger partial charge in [-0.05, 0) is 94.2 Å². The van der Waals surface area contributed by atoms with Crippen LogP contribution in [0.2, 0.25) is 0 Å². The number of hydrogen-bond acceptors (Lipinski definition) is 1. The number of hydrogen-bond donors (Lipinski definition) is 2. The van der Waals surface area contributed by atoms with Gasteiger partial charge >= 0.3 is 0 Å². The van der Waals surface area contributed by atoms with E-state index in [2.05, 4.69) is 45.3 Å². The predicted octanol–water partition coefficient (Wildman–Crippen LogP) is 4.63. The summed E-state index contributed by atoms with van der Waals surface area (Å²) in [6, 6.07) is 0. The third-order valence-corrected chi connectivity index (χ3v) is 6.05. The lowest BCUT2D eigenvalue weighted by atomic mass is 9.53. The van der Waals surface area contributed by atoms with Gasteiger partial charge in [-0.25, -0.2) is 0 Å². The molecule has 4 fully saturated rings. The van der Waals surface area contributed by atoms with Crippen molar-refractivity contribution in [3.8, 4) is 0 Å². The average molecular weight is 323 g/mol. The van der Waals surface area contributed by atoms with Crippen LogP contribution in [0.25, 0.3) is 0 Å². The number of rotatable bonds is 3. The van der Waals surface area contributed by atoms with Crippen LogP contribution in [0.15, 0.2) is 0 Å². The van der Waals surface area contributed by atoms with Crippen molar-refractivity contribution in [2.75, 3.05) is 0 Å². The van der Waals surface area contributed by atoms with E-state index in [4.69, 9.17) is 12.2 Å². The third kappa shape index (κ3) is 3.77. The van der Waals surface area contributed by atoms with Crippen LogP contribution >= 0.6 is 12.2 Å². The van der Waals surface area contributed by atoms with Crippen LogP contribution in [0.1, 0.15) is 79.6 Å². The summed E-state index contributed by atoms with van der Waals surface area (Å²) in [6.45, 7) is 11.4. The van der Waals surface area contributed by atoms with Crippen LogP contribution in [0.5, 0.6) is 0 Å². The molecule has 0 heterocycles. The molecule has 4 saturated carbocycles. The molecule has 0 aliphatic heterocycles. The molecule has 0 radical (unpaired) electrons. The van der Waals surface area contributed by atoms with Gasteiger partial charge in [-0.1, -0.05) is 20.8 Å². The Balaban J connectivity index is 1.60. The number of thiocarbonyl (C=S) groups is 1. The summed E-state index contributed by atoms with van der Waals surface area (Å²) in [5.74, 6) is 2.89. The molecule has 0 aromatic rings. The maximum Gasteiger partial charge on any atom is 0.167 e. The van der Waals surface area contributed by atoms with Crippen LogP contribution in [0.4, 0.5) is 0 Å². The summed E-state index contributed by atoms with van der Waals surface area (Å²) >= 11 is 5.70. The molecular formula is C19H34N2S. The smallest absolute Gasteiger partial charge is 0.167 e. The second-order valence-electron chi connectivity index (χ2n) is 10.4. The normalized spacial score (nSPS) is 37.2. The Morgan fingerprint density at radius 2 is 1.41 bits per heavy atom. The molecule has 3 heteroatoms. The Morgan fingerprint density at radius 1 is 0.955 bits per heavy atom. The summed E-state index contributed by atoms with van der Waals surface area (Å²) in [6.07, 6.45) is 9.61. The second-order valence-corrected chi connectivity index (χ2v) is 10.8. The minimum atomic E-state index is 0.0463. The molecule has 0 saturated heterocycles. The maximum atomic E-state index is 5.70. The van der Waals surface area contributed by atoms with Gasteiger partial charge in [-0.2, -0.15) is 0 Å². The van der Waals surface area contributed by atoms with Gasteiger partial charge < -0.3 is 10.6 Å². The minimum Gasteiger partial charge on any atom is -0.358 e. The van der Waals surface area contributed by atoms with Gasteiger partial charge in [0.05, 0.1) is 0 Å². The zero-order valence-corrected chi connectivity index (χ0v) is 15.9. The van der Waals surface area contributed by atoms with E-state index in [9.17, 15) is 0 Å². The molecule has 4 bridgehead atoms. The van der Waals surface area contributed by atoms with Gasteiger partial charge in [0.15, 0.2) is 5.11 Å². The molecule has 0 unspecified atom stereocenters. The van der Waals surface area contributed by atoms with Gasteiger partial charge in [0.1, 0.15) is 0 Å². The first-order valence-corrected chi connectivity index (χ1v) is 9.55. The topological polar surface area (TPSA) is 24.1 Å². The third-order valence-electron chi connectivity index (χ3n) is 5.84. The lowest BCUT2D eigenvalue weighted by molar-refractivity contribution is -0.0103. The molecule has 2 nitrogen and oxygen atoms in total. The standard InChI is InChI=1S/C19H34N2S/c1-17(2,3)12-18(4,5)20-16(22)21-19-9-13-6-14(10-19)8-15(7-13)11-19/h13-15H,6-12H2,1-5H3,(H2,20,21,22). The molecule has 0 atom stereocenters. The molecule has 0 aromatic heterocycles. The maximum absolute atomic E-state index is 5.70. The van der Waals surface area contributed by atoms with Gasteiger partial charge in [-0.3, -0.25) is 0 Å². The molecule has 126 valence electrons. The molecule has 4 rings (SSSR count). The van der Waals surface area contributed by atoms with Crippen LogP contribution in [0, 0.1) is 23.2 Å². The SMILES string of the molecule is CC(C)(C)CC(C)(C)NC(=S)NC12CC3CC(CC(C3)C1)C2. The molecule has 0 aromatic carbocycles. The Hall–Kier alpha value is -0.310. The Morgan fingerprint density at radius 3 is 1.82 bits per heavy atom. The van der Waals surface area contributed by atoms with Gasteiger partial charge in [0.25, 0.3) is 0 Å². The van der Waals surface area contributed by atoms with E-state index in [0.29, 0.717) is 11.0 Å². The number of nitrogens with one attached hydrogen (secondary N) is 2. The molecule has 0 amide bonds. The van der Waals surface area contributed by atoms with E-state index in [0.717, 1.165) is 29.3 Å². The van der Waals surface area contributed by atoms with Crippen molar-refractivity contribution in [1.82, 2.24) is 10.6 Å². The van der Waals surface area contributed by atoms with Crippen molar-refractivity contribution >= 4 is 17.3 Å². The highest BCUT2D eigenvalue weighted by atomic mass is 32.1. The lowest BCUT2D eigenvalue weighted by Crippen LogP contribution is -2.63. The molecule has 0 spiro atoms. The first kappa shape index (κ1) is 16.5. The van der Waals surface area contributed by atoms with E-state index in [1.165, 1.54) is 38.5 Å². The van der Waals surface area contributed by atoms with Gasteiger partial charge in [0, 0.05) is 11.1 Å². The fourth-order valence-corrected chi connectivity index (χ4v) is 6.71. The fraction of sp³-hybridized carbons (Fsp3) is 0.947. The van der Waals surface area contributed by atoms with E-state index in [1.807, 2.05) is 0 Å². The van der Waals surface area contributed by atoms with Crippen LogP contribution in [0.3, 0.4) is 0 Å². The predicted molar refractivity (Wildman–Crippen MR) is 97.9 cm³/mol. The summed E-state index contributed by atoms with van der Waals surface area (Å²) in [7, 11) is 0. The van der Waals surface area contributed by atoms with E-state index < -0.39 is 0 Å². The minimum absolute atomic E-state index is 0.0463. The van der Waals surface area contributed by atoms with Crippen LogP contribution < -0.4 is 10.6 Å². The van der Waals surface area contributed by atoms with Crippen LogP contribution in [-0.4, -0.2) is 16.2 Å². The Labute approximate surface area is 142 Å². The summed E-state index contributed by atoms with van der Waals surface area (Å²) in [5.41, 5.74) is 0.675. The van der Waals surface area contributed by atoms with Crippen molar-refractivity contribution in [1.29, 1.82) is 0 Å². The highest BCUT2D eigenvalue weighted by Crippen LogP contribution is 2.55. The monoisotopic (exact) mass is 322 g/mol. The first-order valence-electron chi connectivity index (χ1n) is 9.15. The highest BCUT2D eigenvalue weighted by Gasteiger charge is 2.51.